The molecule has 1 aromatic heterocycles. The number of imidazole rings is 1. The third-order valence-electron chi connectivity index (χ3n) is 4.13. The number of amides is 4. The molecule has 27 heavy (non-hydrogen) atoms. The van der Waals surface area contributed by atoms with Crippen molar-refractivity contribution >= 4 is 17.8 Å². The Balaban J connectivity index is 1.80. The van der Waals surface area contributed by atoms with Gasteiger partial charge in [-0.3, -0.25) is 14.9 Å². The first kappa shape index (κ1) is 18.4. The molecule has 0 saturated carbocycles. The summed E-state index contributed by atoms with van der Waals surface area (Å²) < 4.78 is 39.3. The van der Waals surface area contributed by atoms with Crippen molar-refractivity contribution in [3.05, 3.63) is 53.6 Å². The van der Waals surface area contributed by atoms with Crippen molar-refractivity contribution < 1.29 is 27.6 Å². The first-order valence-corrected chi connectivity index (χ1v) is 7.70. The molecule has 4 amide bonds. The monoisotopic (exact) mass is 381 g/mol. The van der Waals surface area contributed by atoms with E-state index in [-0.39, 0.29) is 17.9 Å². The maximum Gasteiger partial charge on any atom is 0.416 e. The summed E-state index contributed by atoms with van der Waals surface area (Å²) in [5.41, 5.74) is -2.54. The van der Waals surface area contributed by atoms with Gasteiger partial charge in [-0.2, -0.15) is 13.2 Å². The Kier molecular flexibility index (Phi) is 4.38. The summed E-state index contributed by atoms with van der Waals surface area (Å²) in [6.45, 7) is -0.338. The number of aryl methyl sites for hydroxylation is 1. The number of hydrogen-bond donors (Lipinski definition) is 3. The Morgan fingerprint density at radius 2 is 1.93 bits per heavy atom. The van der Waals surface area contributed by atoms with Gasteiger partial charge in [0.2, 0.25) is 0 Å². The van der Waals surface area contributed by atoms with Crippen LogP contribution in [0.3, 0.4) is 0 Å². The van der Waals surface area contributed by atoms with Crippen molar-refractivity contribution in [2.24, 2.45) is 7.05 Å². The number of nitrogens with zero attached hydrogens (tertiary/aromatic N) is 2. The van der Waals surface area contributed by atoms with Gasteiger partial charge in [-0.05, 0) is 24.3 Å². The highest BCUT2D eigenvalue weighted by Crippen LogP contribution is 2.29. The molecule has 3 N–H and O–H groups in total. The molecule has 1 unspecified atom stereocenters. The Morgan fingerprint density at radius 3 is 2.41 bits per heavy atom. The second-order valence-corrected chi connectivity index (χ2v) is 5.93. The first-order chi connectivity index (χ1) is 12.6. The Bertz CT molecular complexity index is 907. The molecule has 0 spiro atoms. The van der Waals surface area contributed by atoms with Crippen molar-refractivity contribution in [2.45, 2.75) is 11.7 Å². The number of urea groups is 1. The number of imide groups is 1. The van der Waals surface area contributed by atoms with E-state index in [9.17, 15) is 27.6 Å². The molecule has 1 aromatic carbocycles. The number of rotatable bonds is 4. The number of hydrogen-bond acceptors (Lipinski definition) is 4. The molecule has 1 fully saturated rings. The number of halogens is 3. The van der Waals surface area contributed by atoms with E-state index in [2.05, 4.69) is 20.9 Å². The number of aromatic nitrogens is 2. The summed E-state index contributed by atoms with van der Waals surface area (Å²) in [7, 11) is 1.61. The molecule has 2 heterocycles. The van der Waals surface area contributed by atoms with Crippen LogP contribution >= 0.6 is 0 Å². The summed E-state index contributed by atoms with van der Waals surface area (Å²) >= 11 is 0. The lowest BCUT2D eigenvalue weighted by atomic mass is 9.98. The quantitative estimate of drug-likeness (QED) is 0.685. The lowest BCUT2D eigenvalue weighted by Crippen LogP contribution is -2.54. The van der Waals surface area contributed by atoms with E-state index < -0.39 is 35.1 Å². The van der Waals surface area contributed by atoms with Crippen LogP contribution in [0.1, 0.15) is 21.7 Å². The van der Waals surface area contributed by atoms with Crippen molar-refractivity contribution in [1.29, 1.82) is 0 Å². The van der Waals surface area contributed by atoms with Crippen molar-refractivity contribution in [2.75, 3.05) is 6.54 Å². The fourth-order valence-corrected chi connectivity index (χ4v) is 2.75. The van der Waals surface area contributed by atoms with Crippen molar-refractivity contribution in [3.8, 4) is 0 Å². The molecule has 0 bridgehead atoms. The van der Waals surface area contributed by atoms with Gasteiger partial charge < -0.3 is 15.2 Å². The van der Waals surface area contributed by atoms with Crippen LogP contribution in [0.15, 0.2) is 36.7 Å². The van der Waals surface area contributed by atoms with Crippen molar-refractivity contribution in [1.82, 2.24) is 25.5 Å². The molecule has 1 aliphatic heterocycles. The zero-order valence-corrected chi connectivity index (χ0v) is 13.9. The Morgan fingerprint density at radius 1 is 1.26 bits per heavy atom. The van der Waals surface area contributed by atoms with Gasteiger partial charge >= 0.3 is 12.2 Å². The normalized spacial score (nSPS) is 19.6. The second-order valence-electron chi connectivity index (χ2n) is 5.93. The van der Waals surface area contributed by atoms with Crippen LogP contribution in [0.25, 0.3) is 0 Å². The molecule has 3 rings (SSSR count). The summed E-state index contributed by atoms with van der Waals surface area (Å²) in [5.74, 6) is -1.21. The van der Waals surface area contributed by atoms with Crippen molar-refractivity contribution in [3.63, 3.8) is 0 Å². The average Bonchev–Trinajstić information content (AvgIpc) is 3.15. The molecule has 142 valence electrons. The molecule has 0 radical (unpaired) electrons. The van der Waals surface area contributed by atoms with E-state index in [4.69, 9.17) is 0 Å². The lowest BCUT2D eigenvalue weighted by molar-refractivity contribution is -0.137. The highest BCUT2D eigenvalue weighted by Gasteiger charge is 2.50. The second kappa shape index (κ2) is 6.41. The van der Waals surface area contributed by atoms with Crippen LogP contribution in [0.5, 0.6) is 0 Å². The highest BCUT2D eigenvalue weighted by molar-refractivity contribution is 6.07. The van der Waals surface area contributed by atoms with E-state index in [1.165, 1.54) is 10.8 Å². The molecule has 2 aromatic rings. The van der Waals surface area contributed by atoms with Gasteiger partial charge in [0.15, 0.2) is 5.54 Å². The van der Waals surface area contributed by atoms with Gasteiger partial charge in [0.25, 0.3) is 11.8 Å². The van der Waals surface area contributed by atoms with E-state index in [1.807, 2.05) is 0 Å². The SMILES string of the molecule is Cn1ccnc1C1(CNC(=O)c2ccc(C(F)(F)F)cc2)NC(=O)NC1=O. The fraction of sp³-hybridized carbons (Fsp3) is 0.250. The minimum atomic E-state index is -4.51. The molecule has 0 aliphatic carbocycles. The summed E-state index contributed by atoms with van der Waals surface area (Å²) in [6, 6.07) is 2.88. The highest BCUT2D eigenvalue weighted by atomic mass is 19.4. The standard InChI is InChI=1S/C16H14F3N5O3/c1-24-7-6-20-12(24)15(13(26)22-14(27)23-15)8-21-11(25)9-2-4-10(5-3-9)16(17,18)19/h2-7H,8H2,1H3,(H,21,25)(H2,22,23,26,27). The molecular formula is C16H14F3N5O3. The van der Waals surface area contributed by atoms with Gasteiger partial charge in [-0.15, -0.1) is 0 Å². The van der Waals surface area contributed by atoms with Gasteiger partial charge in [-0.25, -0.2) is 9.78 Å². The minimum absolute atomic E-state index is 0.0253. The van der Waals surface area contributed by atoms with Gasteiger partial charge in [0.1, 0.15) is 5.82 Å². The van der Waals surface area contributed by atoms with E-state index in [1.54, 1.807) is 13.2 Å². The summed E-state index contributed by atoms with van der Waals surface area (Å²) in [5, 5.41) is 7.00. The van der Waals surface area contributed by atoms with Crippen LogP contribution in [-0.2, 0) is 23.6 Å². The predicted octanol–water partition coefficient (Wildman–Crippen LogP) is 0.904. The van der Waals surface area contributed by atoms with E-state index in [0.717, 1.165) is 24.3 Å². The molecular weight excluding hydrogens is 367 g/mol. The van der Waals surface area contributed by atoms with Crippen LogP contribution in [-0.4, -0.2) is 33.9 Å². The number of carbonyl (C=O) groups excluding carboxylic acids is 3. The topological polar surface area (TPSA) is 105 Å². The van der Waals surface area contributed by atoms with Gasteiger partial charge in [0, 0.05) is 25.0 Å². The van der Waals surface area contributed by atoms with Crippen LogP contribution in [0.2, 0.25) is 0 Å². The minimum Gasteiger partial charge on any atom is -0.349 e. The molecule has 1 aliphatic rings. The predicted molar refractivity (Wildman–Crippen MR) is 85.3 cm³/mol. The molecule has 8 nitrogen and oxygen atoms in total. The van der Waals surface area contributed by atoms with E-state index in [0.29, 0.717) is 0 Å². The largest absolute Gasteiger partial charge is 0.416 e. The molecule has 1 saturated heterocycles. The number of nitrogens with one attached hydrogen (secondary N) is 3. The number of alkyl halides is 3. The lowest BCUT2D eigenvalue weighted by Gasteiger charge is -2.25. The van der Waals surface area contributed by atoms with Crippen LogP contribution in [0.4, 0.5) is 18.0 Å². The number of carbonyl (C=O) groups is 3. The fourth-order valence-electron chi connectivity index (χ4n) is 2.75. The first-order valence-electron chi connectivity index (χ1n) is 7.70. The molecule has 11 heteroatoms. The van der Waals surface area contributed by atoms with Gasteiger partial charge in [0.05, 0.1) is 12.1 Å². The third-order valence-corrected chi connectivity index (χ3v) is 4.13. The van der Waals surface area contributed by atoms with E-state index >= 15 is 0 Å². The number of benzene rings is 1. The maximum atomic E-state index is 12.6. The smallest absolute Gasteiger partial charge is 0.349 e. The van der Waals surface area contributed by atoms with Gasteiger partial charge in [-0.1, -0.05) is 0 Å². The summed E-state index contributed by atoms with van der Waals surface area (Å²) in [4.78, 5) is 40.3. The molecule has 1 atom stereocenters. The zero-order chi connectivity index (χ0) is 19.8. The van der Waals surface area contributed by atoms with Crippen LogP contribution in [0, 0.1) is 0 Å². The van der Waals surface area contributed by atoms with Crippen LogP contribution < -0.4 is 16.0 Å². The average molecular weight is 381 g/mol. The Hall–Kier alpha value is -3.37. The summed E-state index contributed by atoms with van der Waals surface area (Å²) in [6.07, 6.45) is -1.53. The third kappa shape index (κ3) is 3.35. The zero-order valence-electron chi connectivity index (χ0n) is 13.9. The Labute approximate surface area is 150 Å². The maximum absolute atomic E-state index is 12.6.